The van der Waals surface area contributed by atoms with Crippen LogP contribution < -0.4 is 16.4 Å². The van der Waals surface area contributed by atoms with E-state index in [0.29, 0.717) is 12.2 Å². The third-order valence-corrected chi connectivity index (χ3v) is 3.00. The van der Waals surface area contributed by atoms with Gasteiger partial charge in [-0.05, 0) is 36.2 Å². The number of carbonyl (C=O) groups excluding carboxylic acids is 1. The number of aryl methyl sites for hydroxylation is 1. The van der Waals surface area contributed by atoms with Crippen LogP contribution in [0.25, 0.3) is 0 Å². The molecule has 0 saturated carbocycles. The number of aromatic nitrogens is 1. The van der Waals surface area contributed by atoms with Crippen LogP contribution in [0, 0.1) is 6.92 Å². The SMILES string of the molecule is Cc1cnccc1N(CC(N)=O)Cc1cccc(N)c1. The minimum Gasteiger partial charge on any atom is -0.399 e. The molecule has 104 valence electrons. The van der Waals surface area contributed by atoms with Crippen LogP contribution in [-0.4, -0.2) is 17.4 Å². The molecule has 1 aromatic heterocycles. The van der Waals surface area contributed by atoms with E-state index >= 15 is 0 Å². The van der Waals surface area contributed by atoms with Gasteiger partial charge in [0.25, 0.3) is 0 Å². The Balaban J connectivity index is 2.29. The number of nitrogens with zero attached hydrogens (tertiary/aromatic N) is 2. The van der Waals surface area contributed by atoms with E-state index in [4.69, 9.17) is 11.5 Å². The predicted octanol–water partition coefficient (Wildman–Crippen LogP) is 1.46. The zero-order chi connectivity index (χ0) is 14.5. The lowest BCUT2D eigenvalue weighted by atomic mass is 10.1. The summed E-state index contributed by atoms with van der Waals surface area (Å²) < 4.78 is 0. The zero-order valence-corrected chi connectivity index (χ0v) is 11.4. The number of carbonyl (C=O) groups is 1. The molecule has 5 nitrogen and oxygen atoms in total. The van der Waals surface area contributed by atoms with Gasteiger partial charge in [0.2, 0.25) is 5.91 Å². The minimum absolute atomic E-state index is 0.152. The Hall–Kier alpha value is -2.56. The number of hydrogen-bond donors (Lipinski definition) is 2. The summed E-state index contributed by atoms with van der Waals surface area (Å²) in [5.41, 5.74) is 14.8. The Morgan fingerprint density at radius 2 is 2.15 bits per heavy atom. The van der Waals surface area contributed by atoms with E-state index in [-0.39, 0.29) is 12.5 Å². The lowest BCUT2D eigenvalue weighted by Crippen LogP contribution is -2.33. The monoisotopic (exact) mass is 270 g/mol. The van der Waals surface area contributed by atoms with Crippen molar-refractivity contribution >= 4 is 17.3 Å². The van der Waals surface area contributed by atoms with E-state index in [1.54, 1.807) is 12.4 Å². The van der Waals surface area contributed by atoms with Crippen LogP contribution in [0.5, 0.6) is 0 Å². The highest BCUT2D eigenvalue weighted by molar-refractivity contribution is 5.79. The number of amides is 1. The number of pyridine rings is 1. The Morgan fingerprint density at radius 1 is 1.35 bits per heavy atom. The van der Waals surface area contributed by atoms with Crippen molar-refractivity contribution in [3.05, 3.63) is 53.9 Å². The van der Waals surface area contributed by atoms with Crippen molar-refractivity contribution in [2.24, 2.45) is 5.73 Å². The first-order valence-corrected chi connectivity index (χ1v) is 6.34. The third kappa shape index (κ3) is 3.47. The molecule has 0 fully saturated rings. The van der Waals surface area contributed by atoms with Crippen molar-refractivity contribution in [3.8, 4) is 0 Å². The van der Waals surface area contributed by atoms with Crippen molar-refractivity contribution < 1.29 is 4.79 Å². The quantitative estimate of drug-likeness (QED) is 0.805. The largest absolute Gasteiger partial charge is 0.399 e. The predicted molar refractivity (Wildman–Crippen MR) is 80.1 cm³/mol. The van der Waals surface area contributed by atoms with Crippen molar-refractivity contribution in [3.63, 3.8) is 0 Å². The van der Waals surface area contributed by atoms with Crippen molar-refractivity contribution in [2.45, 2.75) is 13.5 Å². The maximum Gasteiger partial charge on any atom is 0.236 e. The second-order valence-corrected chi connectivity index (χ2v) is 4.73. The van der Waals surface area contributed by atoms with Gasteiger partial charge in [-0.2, -0.15) is 0 Å². The van der Waals surface area contributed by atoms with E-state index < -0.39 is 0 Å². The molecule has 2 aromatic rings. The van der Waals surface area contributed by atoms with Crippen LogP contribution in [-0.2, 0) is 11.3 Å². The molecule has 5 heteroatoms. The zero-order valence-electron chi connectivity index (χ0n) is 11.4. The van der Waals surface area contributed by atoms with E-state index in [1.807, 2.05) is 42.2 Å². The number of rotatable bonds is 5. The summed E-state index contributed by atoms with van der Waals surface area (Å²) in [5, 5.41) is 0. The lowest BCUT2D eigenvalue weighted by Gasteiger charge is -2.25. The van der Waals surface area contributed by atoms with Crippen LogP contribution in [0.15, 0.2) is 42.7 Å². The molecular formula is C15H18N4O. The van der Waals surface area contributed by atoms with Crippen LogP contribution >= 0.6 is 0 Å². The highest BCUT2D eigenvalue weighted by atomic mass is 16.1. The summed E-state index contributed by atoms with van der Waals surface area (Å²) in [4.78, 5) is 17.3. The normalized spacial score (nSPS) is 10.2. The molecule has 0 atom stereocenters. The molecule has 1 heterocycles. The van der Waals surface area contributed by atoms with Gasteiger partial charge in [-0.25, -0.2) is 0 Å². The molecule has 4 N–H and O–H groups in total. The summed E-state index contributed by atoms with van der Waals surface area (Å²) in [5.74, 6) is -0.370. The van der Waals surface area contributed by atoms with Crippen LogP contribution in [0.4, 0.5) is 11.4 Å². The Bertz CT molecular complexity index is 612. The fourth-order valence-corrected chi connectivity index (χ4v) is 2.15. The topological polar surface area (TPSA) is 85.2 Å². The molecule has 0 unspecified atom stereocenters. The van der Waals surface area contributed by atoms with Gasteiger partial charge in [0.1, 0.15) is 0 Å². The number of nitrogen functional groups attached to an aromatic ring is 1. The van der Waals surface area contributed by atoms with Gasteiger partial charge in [0.05, 0.1) is 6.54 Å². The molecule has 1 amide bonds. The second kappa shape index (κ2) is 6.06. The lowest BCUT2D eigenvalue weighted by molar-refractivity contribution is -0.116. The van der Waals surface area contributed by atoms with Crippen molar-refractivity contribution in [2.75, 3.05) is 17.2 Å². The smallest absolute Gasteiger partial charge is 0.236 e. The minimum atomic E-state index is -0.370. The maximum atomic E-state index is 11.3. The maximum absolute atomic E-state index is 11.3. The highest BCUT2D eigenvalue weighted by Crippen LogP contribution is 2.21. The summed E-state index contributed by atoms with van der Waals surface area (Å²) in [6.45, 7) is 2.67. The molecule has 0 bridgehead atoms. The summed E-state index contributed by atoms with van der Waals surface area (Å²) >= 11 is 0. The molecule has 0 radical (unpaired) electrons. The van der Waals surface area contributed by atoms with E-state index in [2.05, 4.69) is 4.98 Å². The first-order valence-electron chi connectivity index (χ1n) is 6.34. The van der Waals surface area contributed by atoms with E-state index in [9.17, 15) is 4.79 Å². The van der Waals surface area contributed by atoms with Crippen molar-refractivity contribution in [1.29, 1.82) is 0 Å². The summed E-state index contributed by atoms with van der Waals surface area (Å²) in [6, 6.07) is 9.47. The van der Waals surface area contributed by atoms with Gasteiger partial charge in [0.15, 0.2) is 0 Å². The van der Waals surface area contributed by atoms with Gasteiger partial charge in [0, 0.05) is 30.3 Å². The molecule has 2 rings (SSSR count). The van der Waals surface area contributed by atoms with Crippen molar-refractivity contribution in [1.82, 2.24) is 4.98 Å². The number of benzene rings is 1. The summed E-state index contributed by atoms with van der Waals surface area (Å²) in [7, 11) is 0. The molecule has 20 heavy (non-hydrogen) atoms. The Kier molecular flexibility index (Phi) is 4.20. The molecule has 1 aromatic carbocycles. The first kappa shape index (κ1) is 13.9. The van der Waals surface area contributed by atoms with E-state index in [0.717, 1.165) is 16.8 Å². The molecule has 0 spiro atoms. The molecular weight excluding hydrogens is 252 g/mol. The van der Waals surface area contributed by atoms with Crippen LogP contribution in [0.3, 0.4) is 0 Å². The standard InChI is InChI=1S/C15H18N4O/c1-11-8-18-6-5-14(11)19(10-15(17)20)9-12-3-2-4-13(16)7-12/h2-8H,9-10,16H2,1H3,(H2,17,20). The third-order valence-electron chi connectivity index (χ3n) is 3.00. The number of hydrogen-bond acceptors (Lipinski definition) is 4. The van der Waals surface area contributed by atoms with Gasteiger partial charge < -0.3 is 16.4 Å². The Morgan fingerprint density at radius 3 is 2.80 bits per heavy atom. The average molecular weight is 270 g/mol. The van der Waals surface area contributed by atoms with Crippen LogP contribution in [0.2, 0.25) is 0 Å². The van der Waals surface area contributed by atoms with Gasteiger partial charge >= 0.3 is 0 Å². The van der Waals surface area contributed by atoms with Crippen LogP contribution in [0.1, 0.15) is 11.1 Å². The molecule has 0 saturated heterocycles. The first-order chi connectivity index (χ1) is 9.56. The molecule has 0 aliphatic carbocycles. The fraction of sp³-hybridized carbons (Fsp3) is 0.200. The number of anilines is 2. The van der Waals surface area contributed by atoms with E-state index in [1.165, 1.54) is 0 Å². The fourth-order valence-electron chi connectivity index (χ4n) is 2.15. The number of nitrogens with two attached hydrogens (primary N) is 2. The molecule has 0 aliphatic rings. The van der Waals surface area contributed by atoms with Gasteiger partial charge in [-0.15, -0.1) is 0 Å². The second-order valence-electron chi connectivity index (χ2n) is 4.73. The van der Waals surface area contributed by atoms with Gasteiger partial charge in [-0.1, -0.05) is 12.1 Å². The Labute approximate surface area is 118 Å². The van der Waals surface area contributed by atoms with Gasteiger partial charge in [-0.3, -0.25) is 9.78 Å². The molecule has 0 aliphatic heterocycles. The number of primary amides is 1. The average Bonchev–Trinajstić information content (AvgIpc) is 2.38. The highest BCUT2D eigenvalue weighted by Gasteiger charge is 2.12. The summed E-state index contributed by atoms with van der Waals surface area (Å²) in [6.07, 6.45) is 3.47.